The van der Waals surface area contributed by atoms with Crippen LogP contribution in [0.15, 0.2) is 231 Å². The standard InChI is InChI=1S/C45H38O4.C43H36O4/c1-27-23-36(24-28(2)42(27)48-6)45(40-13-9-7-11-38(40)39-12-8-10-14-41(39)45)37-25-29(3)43(30(4)26-37)49-44(47)35-21-19-34(20-22-35)33-17-15-32(16-18-33)31(5)46;1-25-19-34(20-26(2)40(25)46-6)43(38-13-9-7-11-36(38)37-12-8-10-14-39(37)43)35-21-27(3)41(28(4)22-35)47-42(45)33-18-17-31-23-30(29(5)44)15-16-32(31)24-33/h7-26H,1-6H3;7-24H,1-6H3. The van der Waals surface area contributed by atoms with E-state index >= 15 is 0 Å². The topological polar surface area (TPSA) is 105 Å². The maximum absolute atomic E-state index is 13.5. The molecule has 2 aliphatic rings. The number of aryl methyl sites for hydroxylation is 8. The third kappa shape index (κ3) is 10.8. The lowest BCUT2D eigenvalue weighted by molar-refractivity contribution is 0.0723. The number of carbonyl (C=O) groups is 4. The van der Waals surface area contributed by atoms with Crippen LogP contribution in [0.3, 0.4) is 0 Å². The average molecular weight is 1260 g/mol. The van der Waals surface area contributed by atoms with Crippen molar-refractivity contribution in [3.8, 4) is 56.4 Å². The second kappa shape index (κ2) is 25.3. The second-order valence-corrected chi connectivity index (χ2v) is 25.7. The van der Waals surface area contributed by atoms with Crippen LogP contribution in [0.25, 0.3) is 44.2 Å². The van der Waals surface area contributed by atoms with Crippen molar-refractivity contribution in [2.75, 3.05) is 14.2 Å². The molecule has 0 radical (unpaired) electrons. The van der Waals surface area contributed by atoms with Gasteiger partial charge in [0.2, 0.25) is 0 Å². The van der Waals surface area contributed by atoms with Gasteiger partial charge in [0.25, 0.3) is 0 Å². The number of Topliss-reactive ketones (excluding diaryl/α,β-unsaturated/α-hetero) is 2. The fraction of sp³-hybridized carbons (Fsp3) is 0.159. The molecule has 0 unspecified atom stereocenters. The first-order chi connectivity index (χ1) is 46.3. The van der Waals surface area contributed by atoms with Crippen LogP contribution in [0.1, 0.15) is 144 Å². The molecular weight excluding hydrogens is 1180 g/mol. The van der Waals surface area contributed by atoms with Gasteiger partial charge >= 0.3 is 11.9 Å². The summed E-state index contributed by atoms with van der Waals surface area (Å²) in [5.41, 5.74) is 25.1. The average Bonchev–Trinajstić information content (AvgIpc) is 1.54. The molecule has 8 heteroatoms. The molecule has 96 heavy (non-hydrogen) atoms. The molecule has 0 saturated carbocycles. The molecular formula is C88H74O8. The molecule has 14 rings (SSSR count). The Kier molecular flexibility index (Phi) is 16.7. The molecule has 0 spiro atoms. The number of benzene rings is 12. The van der Waals surface area contributed by atoms with Gasteiger partial charge in [-0.15, -0.1) is 0 Å². The zero-order valence-electron chi connectivity index (χ0n) is 56.2. The van der Waals surface area contributed by atoms with Crippen molar-refractivity contribution in [2.45, 2.75) is 80.1 Å². The van der Waals surface area contributed by atoms with Crippen molar-refractivity contribution < 1.29 is 38.1 Å². The Hall–Kier alpha value is -11.2. The third-order valence-electron chi connectivity index (χ3n) is 19.5. The van der Waals surface area contributed by atoms with Crippen molar-refractivity contribution in [2.24, 2.45) is 0 Å². The highest BCUT2D eigenvalue weighted by molar-refractivity contribution is 6.01. The number of fused-ring (bicyclic) bond motifs is 7. The third-order valence-corrected chi connectivity index (χ3v) is 19.5. The van der Waals surface area contributed by atoms with Gasteiger partial charge in [-0.05, 0) is 233 Å². The zero-order valence-corrected chi connectivity index (χ0v) is 56.2. The van der Waals surface area contributed by atoms with Crippen LogP contribution >= 0.6 is 0 Å². The van der Waals surface area contributed by atoms with Crippen LogP contribution in [0.5, 0.6) is 23.0 Å². The largest absolute Gasteiger partial charge is 0.496 e. The monoisotopic (exact) mass is 1260 g/mol. The molecule has 2 aliphatic carbocycles. The van der Waals surface area contributed by atoms with E-state index in [4.69, 9.17) is 18.9 Å². The minimum Gasteiger partial charge on any atom is -0.496 e. The van der Waals surface area contributed by atoms with Crippen LogP contribution in [-0.2, 0) is 10.8 Å². The number of ketones is 2. The highest BCUT2D eigenvalue weighted by atomic mass is 16.5. The Labute approximate surface area is 561 Å². The summed E-state index contributed by atoms with van der Waals surface area (Å²) in [6.45, 7) is 19.6. The van der Waals surface area contributed by atoms with Gasteiger partial charge in [-0.2, -0.15) is 0 Å². The van der Waals surface area contributed by atoms with E-state index in [-0.39, 0.29) is 11.6 Å². The van der Waals surface area contributed by atoms with E-state index in [0.29, 0.717) is 33.8 Å². The first-order valence-corrected chi connectivity index (χ1v) is 32.4. The molecule has 12 aromatic carbocycles. The van der Waals surface area contributed by atoms with Crippen LogP contribution in [0.2, 0.25) is 0 Å². The quantitative estimate of drug-likeness (QED) is 0.0639. The predicted molar refractivity (Wildman–Crippen MR) is 384 cm³/mol. The molecule has 0 N–H and O–H groups in total. The van der Waals surface area contributed by atoms with Gasteiger partial charge < -0.3 is 18.9 Å². The SMILES string of the molecule is COc1c(C)cc(C2(c3cc(C)c(OC(=O)c4ccc(-c5ccc(C(C)=O)cc5)cc4)c(C)c3)c3ccccc3-c3ccccc32)cc1C.COc1c(C)cc(C2(c3cc(C)c(OC(=O)c4ccc5cc(C(C)=O)ccc5c4)c(C)c3)c3ccccc3-c3ccccc32)cc1C. The first kappa shape index (κ1) is 63.5. The maximum atomic E-state index is 13.5. The van der Waals surface area contributed by atoms with Crippen LogP contribution in [-0.4, -0.2) is 37.7 Å². The molecule has 474 valence electrons. The number of methoxy groups -OCH3 is 2. The van der Waals surface area contributed by atoms with Gasteiger partial charge in [-0.3, -0.25) is 9.59 Å². The van der Waals surface area contributed by atoms with Gasteiger partial charge in [0, 0.05) is 11.1 Å². The Bertz CT molecular complexity index is 4980. The molecule has 12 aromatic rings. The van der Waals surface area contributed by atoms with Gasteiger partial charge in [-0.25, -0.2) is 9.59 Å². The minimum atomic E-state index is -0.593. The minimum absolute atomic E-state index is 0.00778. The lowest BCUT2D eigenvalue weighted by atomic mass is 9.66. The highest BCUT2D eigenvalue weighted by Gasteiger charge is 2.48. The van der Waals surface area contributed by atoms with Crippen molar-refractivity contribution in [1.82, 2.24) is 0 Å². The molecule has 0 atom stereocenters. The molecule has 0 aliphatic heterocycles. The second-order valence-electron chi connectivity index (χ2n) is 25.7. The Morgan fingerprint density at radius 3 is 0.854 bits per heavy atom. The van der Waals surface area contributed by atoms with Crippen LogP contribution < -0.4 is 18.9 Å². The van der Waals surface area contributed by atoms with Gasteiger partial charge in [0.05, 0.1) is 36.2 Å². The van der Waals surface area contributed by atoms with E-state index in [9.17, 15) is 19.2 Å². The van der Waals surface area contributed by atoms with E-state index in [1.54, 1.807) is 52.3 Å². The number of hydrogen-bond donors (Lipinski definition) is 0. The predicted octanol–water partition coefficient (Wildman–Crippen LogP) is 20.2. The lowest BCUT2D eigenvalue weighted by Crippen LogP contribution is -2.29. The van der Waals surface area contributed by atoms with Crippen molar-refractivity contribution >= 4 is 34.3 Å². The van der Waals surface area contributed by atoms with Gasteiger partial charge in [0.1, 0.15) is 23.0 Å². The summed E-state index contributed by atoms with van der Waals surface area (Å²) in [4.78, 5) is 50.5. The summed E-state index contributed by atoms with van der Waals surface area (Å²) in [7, 11) is 3.45. The maximum Gasteiger partial charge on any atom is 0.343 e. The van der Waals surface area contributed by atoms with E-state index in [1.807, 2.05) is 88.4 Å². The fourth-order valence-corrected chi connectivity index (χ4v) is 15.3. The molecule has 0 amide bonds. The summed E-state index contributed by atoms with van der Waals surface area (Å²) < 4.78 is 23.8. The van der Waals surface area contributed by atoms with Gasteiger partial charge in [0.15, 0.2) is 11.6 Å². The Morgan fingerprint density at radius 2 is 0.542 bits per heavy atom. The lowest BCUT2D eigenvalue weighted by Gasteiger charge is -2.35. The summed E-state index contributed by atoms with van der Waals surface area (Å²) >= 11 is 0. The van der Waals surface area contributed by atoms with E-state index in [1.165, 1.54) is 55.6 Å². The van der Waals surface area contributed by atoms with E-state index in [2.05, 4.69) is 173 Å². The molecule has 0 bridgehead atoms. The van der Waals surface area contributed by atoms with E-state index < -0.39 is 22.8 Å². The number of rotatable bonds is 13. The zero-order chi connectivity index (χ0) is 67.5. The molecule has 0 fully saturated rings. The Morgan fingerprint density at radius 1 is 0.281 bits per heavy atom. The number of esters is 2. The summed E-state index contributed by atoms with van der Waals surface area (Å²) in [5.74, 6) is 2.12. The summed E-state index contributed by atoms with van der Waals surface area (Å²) in [5, 5.41) is 1.77. The van der Waals surface area contributed by atoms with Crippen LogP contribution in [0.4, 0.5) is 0 Å². The normalized spacial score (nSPS) is 12.7. The van der Waals surface area contributed by atoms with Crippen molar-refractivity contribution in [3.05, 3.63) is 342 Å². The molecule has 0 saturated heterocycles. The summed E-state index contributed by atoms with van der Waals surface area (Å²) in [6, 6.07) is 78.2. The molecule has 0 aromatic heterocycles. The van der Waals surface area contributed by atoms with Crippen molar-refractivity contribution in [1.29, 1.82) is 0 Å². The number of carbonyl (C=O) groups excluding carboxylic acids is 4. The highest BCUT2D eigenvalue weighted by Crippen LogP contribution is 2.59. The van der Waals surface area contributed by atoms with E-state index in [0.717, 1.165) is 89.0 Å². The Balaban J connectivity index is 0.000000174. The smallest absolute Gasteiger partial charge is 0.343 e. The van der Waals surface area contributed by atoms with Gasteiger partial charge in [-0.1, -0.05) is 200 Å². The first-order valence-electron chi connectivity index (χ1n) is 32.4. The number of ether oxygens (including phenoxy) is 4. The van der Waals surface area contributed by atoms with Crippen LogP contribution in [0, 0.1) is 55.4 Å². The fourth-order valence-electron chi connectivity index (χ4n) is 15.3. The summed E-state index contributed by atoms with van der Waals surface area (Å²) in [6.07, 6.45) is 0. The molecule has 8 nitrogen and oxygen atoms in total. The van der Waals surface area contributed by atoms with Crippen molar-refractivity contribution in [3.63, 3.8) is 0 Å². The molecule has 0 heterocycles. The number of hydrogen-bond acceptors (Lipinski definition) is 8.